The van der Waals surface area contributed by atoms with Gasteiger partial charge in [-0.3, -0.25) is 0 Å². The Morgan fingerprint density at radius 3 is 2.47 bits per heavy atom. The molecule has 0 amide bonds. The van der Waals surface area contributed by atoms with Crippen LogP contribution in [0.2, 0.25) is 5.02 Å². The van der Waals surface area contributed by atoms with Crippen LogP contribution in [0.4, 0.5) is 8.78 Å². The molecular weight excluding hydrogens is 274 g/mol. The second-order valence-electron chi connectivity index (χ2n) is 3.93. The number of methoxy groups -OCH3 is 1. The Labute approximate surface area is 114 Å². The van der Waals surface area contributed by atoms with Crippen molar-refractivity contribution >= 4 is 11.6 Å². The fourth-order valence-electron chi connectivity index (χ4n) is 1.76. The van der Waals surface area contributed by atoms with E-state index in [1.165, 1.54) is 37.4 Å². The molecule has 0 spiro atoms. The minimum absolute atomic E-state index is 0.00769. The molecule has 2 rings (SSSR count). The zero-order valence-corrected chi connectivity index (χ0v) is 10.8. The van der Waals surface area contributed by atoms with E-state index in [9.17, 15) is 13.9 Å². The first-order chi connectivity index (χ1) is 9.04. The smallest absolute Gasteiger partial charge is 0.142 e. The number of rotatable bonds is 3. The number of aliphatic hydroxyl groups is 1. The minimum Gasteiger partial charge on any atom is -0.497 e. The van der Waals surface area contributed by atoms with Gasteiger partial charge in [-0.1, -0.05) is 23.7 Å². The molecule has 2 nitrogen and oxygen atoms in total. The van der Waals surface area contributed by atoms with Crippen molar-refractivity contribution in [1.29, 1.82) is 0 Å². The molecule has 0 saturated heterocycles. The predicted molar refractivity (Wildman–Crippen MR) is 68.4 cm³/mol. The van der Waals surface area contributed by atoms with E-state index in [0.29, 0.717) is 5.75 Å². The lowest BCUT2D eigenvalue weighted by molar-refractivity contribution is 0.214. The quantitative estimate of drug-likeness (QED) is 0.931. The van der Waals surface area contributed by atoms with Crippen LogP contribution in [0, 0.1) is 11.6 Å². The molecule has 100 valence electrons. The van der Waals surface area contributed by atoms with Crippen LogP contribution >= 0.6 is 11.6 Å². The summed E-state index contributed by atoms with van der Waals surface area (Å²) >= 11 is 5.77. The SMILES string of the molecule is COc1ccc(C(O)c2cccc(F)c2Cl)c(F)c1. The van der Waals surface area contributed by atoms with E-state index >= 15 is 0 Å². The Morgan fingerprint density at radius 1 is 1.11 bits per heavy atom. The van der Waals surface area contributed by atoms with Crippen LogP contribution < -0.4 is 4.74 Å². The number of halogens is 3. The van der Waals surface area contributed by atoms with Gasteiger partial charge in [0.1, 0.15) is 23.5 Å². The average Bonchev–Trinajstić information content (AvgIpc) is 2.41. The second-order valence-corrected chi connectivity index (χ2v) is 4.31. The molecule has 1 N–H and O–H groups in total. The van der Waals surface area contributed by atoms with Gasteiger partial charge >= 0.3 is 0 Å². The second kappa shape index (κ2) is 5.55. The van der Waals surface area contributed by atoms with Crippen LogP contribution in [0.25, 0.3) is 0 Å². The summed E-state index contributed by atoms with van der Waals surface area (Å²) in [5.41, 5.74) is 0.124. The first-order valence-corrected chi connectivity index (χ1v) is 5.87. The van der Waals surface area contributed by atoms with Crippen molar-refractivity contribution in [2.75, 3.05) is 7.11 Å². The lowest BCUT2D eigenvalue weighted by Crippen LogP contribution is -2.04. The molecule has 2 aromatic carbocycles. The summed E-state index contributed by atoms with van der Waals surface area (Å²) in [5, 5.41) is 9.89. The van der Waals surface area contributed by atoms with Crippen molar-refractivity contribution in [2.24, 2.45) is 0 Å². The highest BCUT2D eigenvalue weighted by Gasteiger charge is 2.19. The van der Waals surface area contributed by atoms with Crippen molar-refractivity contribution in [3.63, 3.8) is 0 Å². The summed E-state index contributed by atoms with van der Waals surface area (Å²) in [6, 6.07) is 8.05. The zero-order chi connectivity index (χ0) is 14.0. The first kappa shape index (κ1) is 13.8. The Morgan fingerprint density at radius 2 is 1.84 bits per heavy atom. The summed E-state index contributed by atoms with van der Waals surface area (Å²) in [4.78, 5) is 0. The Bertz CT molecular complexity index is 602. The maximum Gasteiger partial charge on any atom is 0.142 e. The van der Waals surface area contributed by atoms with E-state index in [1.54, 1.807) is 0 Å². The van der Waals surface area contributed by atoms with E-state index in [-0.39, 0.29) is 16.1 Å². The number of hydrogen-bond acceptors (Lipinski definition) is 2. The molecule has 0 heterocycles. The van der Waals surface area contributed by atoms with Crippen molar-refractivity contribution < 1.29 is 18.6 Å². The lowest BCUT2D eigenvalue weighted by Gasteiger charge is -2.14. The van der Waals surface area contributed by atoms with Gasteiger partial charge in [0.15, 0.2) is 0 Å². The van der Waals surface area contributed by atoms with Crippen molar-refractivity contribution in [3.8, 4) is 5.75 Å². The van der Waals surface area contributed by atoms with Gasteiger partial charge in [-0.25, -0.2) is 8.78 Å². The van der Waals surface area contributed by atoms with Crippen LogP contribution in [0.3, 0.4) is 0 Å². The molecule has 0 fully saturated rings. The molecule has 1 atom stereocenters. The topological polar surface area (TPSA) is 29.5 Å². The maximum absolute atomic E-state index is 13.8. The number of aliphatic hydroxyl groups excluding tert-OH is 1. The summed E-state index contributed by atoms with van der Waals surface area (Å²) in [6.45, 7) is 0. The molecule has 0 aliphatic carbocycles. The van der Waals surface area contributed by atoms with E-state index in [2.05, 4.69) is 0 Å². The van der Waals surface area contributed by atoms with Gasteiger partial charge in [-0.05, 0) is 18.2 Å². The van der Waals surface area contributed by atoms with Gasteiger partial charge in [0.05, 0.1) is 12.1 Å². The zero-order valence-electron chi connectivity index (χ0n) is 10.0. The fourth-order valence-corrected chi connectivity index (χ4v) is 1.99. The molecule has 0 aromatic heterocycles. The third kappa shape index (κ3) is 2.69. The van der Waals surface area contributed by atoms with Crippen molar-refractivity contribution in [3.05, 3.63) is 64.2 Å². The van der Waals surface area contributed by atoms with Crippen molar-refractivity contribution in [2.45, 2.75) is 6.10 Å². The van der Waals surface area contributed by atoms with Gasteiger partial charge in [0.25, 0.3) is 0 Å². The number of hydrogen-bond donors (Lipinski definition) is 1. The Hall–Kier alpha value is -1.65. The Balaban J connectivity index is 2.44. The van der Waals surface area contributed by atoms with Crippen molar-refractivity contribution in [1.82, 2.24) is 0 Å². The average molecular weight is 285 g/mol. The van der Waals surface area contributed by atoms with Crippen LogP contribution in [0.1, 0.15) is 17.2 Å². The highest BCUT2D eigenvalue weighted by atomic mass is 35.5. The molecule has 1 unspecified atom stereocenters. The molecule has 19 heavy (non-hydrogen) atoms. The molecule has 0 bridgehead atoms. The number of ether oxygens (including phenoxy) is 1. The summed E-state index contributed by atoms with van der Waals surface area (Å²) < 4.78 is 32.0. The van der Waals surface area contributed by atoms with E-state index in [1.807, 2.05) is 0 Å². The van der Waals surface area contributed by atoms with Gasteiger partial charge < -0.3 is 9.84 Å². The molecular formula is C14H11ClF2O2. The van der Waals surface area contributed by atoms with E-state index < -0.39 is 17.7 Å². The summed E-state index contributed by atoms with van der Waals surface area (Å²) in [6.07, 6.45) is -1.34. The van der Waals surface area contributed by atoms with Crippen LogP contribution in [0.5, 0.6) is 5.75 Å². The molecule has 2 aromatic rings. The first-order valence-electron chi connectivity index (χ1n) is 5.50. The summed E-state index contributed by atoms with van der Waals surface area (Å²) in [5.74, 6) is -0.974. The fraction of sp³-hybridized carbons (Fsp3) is 0.143. The predicted octanol–water partition coefficient (Wildman–Crippen LogP) is 3.71. The molecule has 0 aliphatic rings. The standard InChI is InChI=1S/C14H11ClF2O2/c1-19-8-5-6-9(12(17)7-8)14(18)10-3-2-4-11(16)13(10)15/h2-7,14,18H,1H3. The lowest BCUT2D eigenvalue weighted by atomic mass is 10.0. The Kier molecular flexibility index (Phi) is 4.02. The third-order valence-corrected chi connectivity index (χ3v) is 3.18. The van der Waals surface area contributed by atoms with Crippen LogP contribution in [-0.4, -0.2) is 12.2 Å². The highest BCUT2D eigenvalue weighted by molar-refractivity contribution is 6.31. The maximum atomic E-state index is 13.8. The highest BCUT2D eigenvalue weighted by Crippen LogP contribution is 2.32. The van der Waals surface area contributed by atoms with E-state index in [4.69, 9.17) is 16.3 Å². The van der Waals surface area contributed by atoms with Gasteiger partial charge in [-0.15, -0.1) is 0 Å². The molecule has 0 saturated carbocycles. The van der Waals surface area contributed by atoms with Gasteiger partial charge in [0.2, 0.25) is 0 Å². The largest absolute Gasteiger partial charge is 0.497 e. The molecule has 0 radical (unpaired) electrons. The molecule has 5 heteroatoms. The third-order valence-electron chi connectivity index (χ3n) is 2.78. The van der Waals surface area contributed by atoms with E-state index in [0.717, 1.165) is 6.07 Å². The van der Waals surface area contributed by atoms with Crippen LogP contribution in [0.15, 0.2) is 36.4 Å². The summed E-state index contributed by atoms with van der Waals surface area (Å²) in [7, 11) is 1.41. The normalized spacial score (nSPS) is 12.3. The minimum atomic E-state index is -1.34. The number of benzene rings is 2. The van der Waals surface area contributed by atoms with Crippen LogP contribution in [-0.2, 0) is 0 Å². The van der Waals surface area contributed by atoms with Gasteiger partial charge in [0, 0.05) is 17.2 Å². The molecule has 0 aliphatic heterocycles. The van der Waals surface area contributed by atoms with Gasteiger partial charge in [-0.2, -0.15) is 0 Å². The monoisotopic (exact) mass is 284 g/mol.